The molecule has 2 aromatic carbocycles. The van der Waals surface area contributed by atoms with E-state index in [-0.39, 0.29) is 30.4 Å². The molecule has 172 valence electrons. The minimum absolute atomic E-state index is 0.000753. The van der Waals surface area contributed by atoms with Gasteiger partial charge in [-0.3, -0.25) is 19.4 Å². The van der Waals surface area contributed by atoms with Crippen molar-refractivity contribution >= 4 is 34.8 Å². The molecule has 0 radical (unpaired) electrons. The van der Waals surface area contributed by atoms with Gasteiger partial charge in [0.1, 0.15) is 5.82 Å². The standard InChI is InChI=1S/C21H21ClF4N4O2/c22-16-6-5-14(11-15(16)21(24,25)26)27-19(31)12-29-7-9-30(10-8-29)13-20(32)28-18-4-2-1-3-17(18)23/h1-6,11H,7-10,12-13H2,(H,27,31)(H,28,32). The van der Waals surface area contributed by atoms with Crippen molar-refractivity contribution in [2.45, 2.75) is 6.18 Å². The molecule has 2 amide bonds. The number of nitrogens with one attached hydrogen (secondary N) is 2. The van der Waals surface area contributed by atoms with Crippen LogP contribution in [0.1, 0.15) is 5.56 Å². The van der Waals surface area contributed by atoms with Crippen LogP contribution in [0.25, 0.3) is 0 Å². The van der Waals surface area contributed by atoms with E-state index in [9.17, 15) is 27.2 Å². The molecule has 32 heavy (non-hydrogen) atoms. The number of piperazine rings is 1. The van der Waals surface area contributed by atoms with Gasteiger partial charge in [-0.15, -0.1) is 0 Å². The lowest BCUT2D eigenvalue weighted by molar-refractivity contribution is -0.137. The molecule has 0 saturated carbocycles. The number of alkyl halides is 3. The minimum Gasteiger partial charge on any atom is -0.325 e. The Kier molecular flexibility index (Phi) is 7.70. The van der Waals surface area contributed by atoms with E-state index in [2.05, 4.69) is 10.6 Å². The zero-order chi connectivity index (χ0) is 23.3. The number of carbonyl (C=O) groups is 2. The van der Waals surface area contributed by atoms with Crippen molar-refractivity contribution in [3.8, 4) is 0 Å². The lowest BCUT2D eigenvalue weighted by Crippen LogP contribution is -2.50. The second kappa shape index (κ2) is 10.3. The molecular weight excluding hydrogens is 452 g/mol. The summed E-state index contributed by atoms with van der Waals surface area (Å²) in [6.07, 6.45) is -4.62. The van der Waals surface area contributed by atoms with Gasteiger partial charge in [-0.2, -0.15) is 13.2 Å². The van der Waals surface area contributed by atoms with Gasteiger partial charge in [0.2, 0.25) is 11.8 Å². The second-order valence-corrected chi connectivity index (χ2v) is 7.73. The molecule has 1 heterocycles. The Morgan fingerprint density at radius 1 is 0.906 bits per heavy atom. The molecule has 1 saturated heterocycles. The Morgan fingerprint density at radius 2 is 1.47 bits per heavy atom. The fraction of sp³-hybridized carbons (Fsp3) is 0.333. The van der Waals surface area contributed by atoms with E-state index in [1.807, 2.05) is 9.80 Å². The molecule has 0 spiro atoms. The third kappa shape index (κ3) is 6.65. The van der Waals surface area contributed by atoms with E-state index in [1.165, 1.54) is 24.3 Å². The molecule has 0 bridgehead atoms. The molecular formula is C21H21ClF4N4O2. The number of halogens is 5. The summed E-state index contributed by atoms with van der Waals surface area (Å²) in [6.45, 7) is 2.09. The maximum absolute atomic E-state index is 13.6. The number of hydrogen-bond donors (Lipinski definition) is 2. The van der Waals surface area contributed by atoms with E-state index in [0.29, 0.717) is 26.2 Å². The highest BCUT2D eigenvalue weighted by Gasteiger charge is 2.33. The molecule has 0 aromatic heterocycles. The summed E-state index contributed by atoms with van der Waals surface area (Å²) >= 11 is 5.58. The van der Waals surface area contributed by atoms with Gasteiger partial charge in [-0.05, 0) is 30.3 Å². The Morgan fingerprint density at radius 3 is 2.03 bits per heavy atom. The van der Waals surface area contributed by atoms with Crippen LogP contribution in [0.4, 0.5) is 28.9 Å². The maximum atomic E-state index is 13.6. The number of benzene rings is 2. The van der Waals surface area contributed by atoms with Gasteiger partial charge in [-0.1, -0.05) is 23.7 Å². The van der Waals surface area contributed by atoms with Crippen molar-refractivity contribution in [3.63, 3.8) is 0 Å². The minimum atomic E-state index is -4.62. The summed E-state index contributed by atoms with van der Waals surface area (Å²) in [6, 6.07) is 9.08. The fourth-order valence-corrected chi connectivity index (χ4v) is 3.51. The van der Waals surface area contributed by atoms with E-state index in [0.717, 1.165) is 12.1 Å². The maximum Gasteiger partial charge on any atom is 0.417 e. The van der Waals surface area contributed by atoms with E-state index < -0.39 is 28.5 Å². The zero-order valence-corrected chi connectivity index (χ0v) is 17.6. The number of carbonyl (C=O) groups excluding carboxylic acids is 2. The zero-order valence-electron chi connectivity index (χ0n) is 16.9. The van der Waals surface area contributed by atoms with Crippen LogP contribution in [-0.4, -0.2) is 60.9 Å². The lowest BCUT2D eigenvalue weighted by atomic mass is 10.2. The number of rotatable bonds is 6. The summed E-state index contributed by atoms with van der Waals surface area (Å²) in [4.78, 5) is 28.1. The van der Waals surface area contributed by atoms with Crippen LogP contribution in [0.5, 0.6) is 0 Å². The Balaban J connectivity index is 1.44. The molecule has 1 fully saturated rings. The van der Waals surface area contributed by atoms with Gasteiger partial charge in [0.25, 0.3) is 0 Å². The summed E-state index contributed by atoms with van der Waals surface area (Å²) < 4.78 is 52.5. The van der Waals surface area contributed by atoms with E-state index >= 15 is 0 Å². The first-order valence-electron chi connectivity index (χ1n) is 9.77. The molecule has 0 aliphatic carbocycles. The van der Waals surface area contributed by atoms with Crippen LogP contribution < -0.4 is 10.6 Å². The highest BCUT2D eigenvalue weighted by atomic mass is 35.5. The molecule has 11 heteroatoms. The van der Waals surface area contributed by atoms with Gasteiger partial charge < -0.3 is 10.6 Å². The van der Waals surface area contributed by atoms with Crippen LogP contribution in [-0.2, 0) is 15.8 Å². The van der Waals surface area contributed by atoms with Crippen molar-refractivity contribution in [1.29, 1.82) is 0 Å². The first kappa shape index (κ1) is 24.0. The Bertz CT molecular complexity index is 979. The molecule has 0 unspecified atom stereocenters. The normalized spacial score (nSPS) is 15.4. The van der Waals surface area contributed by atoms with Crippen molar-refractivity contribution < 1.29 is 27.2 Å². The Hall–Kier alpha value is -2.69. The predicted octanol–water partition coefficient (Wildman–Crippen LogP) is 3.69. The number of anilines is 2. The smallest absolute Gasteiger partial charge is 0.325 e. The van der Waals surface area contributed by atoms with Crippen LogP contribution in [0, 0.1) is 5.82 Å². The third-order valence-corrected chi connectivity index (χ3v) is 5.23. The molecule has 6 nitrogen and oxygen atoms in total. The summed E-state index contributed by atoms with van der Waals surface area (Å²) in [5.41, 5.74) is -0.891. The van der Waals surface area contributed by atoms with Crippen LogP contribution in [0.2, 0.25) is 5.02 Å². The van der Waals surface area contributed by atoms with Gasteiger partial charge in [0.15, 0.2) is 0 Å². The SMILES string of the molecule is O=C(CN1CCN(CC(=O)Nc2ccccc2F)CC1)Nc1ccc(Cl)c(C(F)(F)F)c1. The first-order valence-corrected chi connectivity index (χ1v) is 10.2. The molecule has 0 atom stereocenters. The number of nitrogens with zero attached hydrogens (tertiary/aromatic N) is 2. The summed E-state index contributed by atoms with van der Waals surface area (Å²) in [7, 11) is 0. The van der Waals surface area contributed by atoms with Crippen LogP contribution in [0.3, 0.4) is 0 Å². The van der Waals surface area contributed by atoms with Gasteiger partial charge in [-0.25, -0.2) is 4.39 Å². The van der Waals surface area contributed by atoms with Gasteiger partial charge in [0, 0.05) is 31.9 Å². The average Bonchev–Trinajstić information content (AvgIpc) is 2.72. The largest absolute Gasteiger partial charge is 0.417 e. The average molecular weight is 473 g/mol. The summed E-state index contributed by atoms with van der Waals surface area (Å²) in [5.74, 6) is -1.31. The van der Waals surface area contributed by atoms with Crippen LogP contribution in [0.15, 0.2) is 42.5 Å². The third-order valence-electron chi connectivity index (χ3n) is 4.90. The summed E-state index contributed by atoms with van der Waals surface area (Å²) in [5, 5.41) is 4.54. The van der Waals surface area contributed by atoms with Crippen molar-refractivity contribution in [3.05, 3.63) is 58.9 Å². The highest BCUT2D eigenvalue weighted by Crippen LogP contribution is 2.36. The van der Waals surface area contributed by atoms with Crippen molar-refractivity contribution in [2.24, 2.45) is 0 Å². The molecule has 1 aliphatic rings. The number of amides is 2. The van der Waals surface area contributed by atoms with Crippen molar-refractivity contribution in [1.82, 2.24) is 9.80 Å². The van der Waals surface area contributed by atoms with Crippen LogP contribution >= 0.6 is 11.6 Å². The van der Waals surface area contributed by atoms with Crippen molar-refractivity contribution in [2.75, 3.05) is 49.9 Å². The first-order chi connectivity index (χ1) is 15.1. The highest BCUT2D eigenvalue weighted by molar-refractivity contribution is 6.31. The fourth-order valence-electron chi connectivity index (χ4n) is 3.28. The molecule has 3 rings (SSSR count). The molecule has 2 aromatic rings. The van der Waals surface area contributed by atoms with E-state index in [4.69, 9.17) is 11.6 Å². The van der Waals surface area contributed by atoms with Gasteiger partial charge in [0.05, 0.1) is 29.4 Å². The second-order valence-electron chi connectivity index (χ2n) is 7.32. The quantitative estimate of drug-likeness (QED) is 0.629. The topological polar surface area (TPSA) is 64.7 Å². The Labute approximate surface area is 187 Å². The monoisotopic (exact) mass is 472 g/mol. The molecule has 2 N–H and O–H groups in total. The number of para-hydroxylation sites is 1. The van der Waals surface area contributed by atoms with Gasteiger partial charge >= 0.3 is 6.18 Å². The van der Waals surface area contributed by atoms with E-state index in [1.54, 1.807) is 6.07 Å². The molecule has 1 aliphatic heterocycles. The number of hydrogen-bond acceptors (Lipinski definition) is 4. The predicted molar refractivity (Wildman–Crippen MR) is 113 cm³/mol. The lowest BCUT2D eigenvalue weighted by Gasteiger charge is -2.33.